The Morgan fingerprint density at radius 2 is 1.64 bits per heavy atom. The van der Waals surface area contributed by atoms with Crippen LogP contribution in [0.4, 0.5) is 45.3 Å². The second-order valence-corrected chi connectivity index (χ2v) is 9.32. The normalized spacial score (nSPS) is 13.9. The summed E-state index contributed by atoms with van der Waals surface area (Å²) in [4.78, 5) is 35.6. The van der Waals surface area contributed by atoms with Crippen LogP contribution in [-0.4, -0.2) is 55.3 Å². The van der Waals surface area contributed by atoms with Crippen LogP contribution in [0.1, 0.15) is 27.2 Å². The minimum absolute atomic E-state index is 0.157. The van der Waals surface area contributed by atoms with Gasteiger partial charge in [-0.25, -0.2) is 14.8 Å². The standard InChI is InChI=1S/C26H18F9N5O4/c1-13-7-8-15(9-16(13)17-10-37-20-19(36)38-18(11-39(17)20)24(27,28)29)23(43,26(33,34)35)12-40(44-22(42)25(30,31)32)21(41)14-5-3-2-4-6-14/h2-11,43H,12H2,1H3,(H2,36,38). The van der Waals surface area contributed by atoms with E-state index in [2.05, 4.69) is 14.8 Å². The van der Waals surface area contributed by atoms with Gasteiger partial charge in [-0.05, 0) is 36.2 Å². The molecule has 3 N–H and O–H groups in total. The number of carbonyl (C=O) groups excluding carboxylic acids is 2. The van der Waals surface area contributed by atoms with Crippen molar-refractivity contribution in [2.24, 2.45) is 0 Å². The third kappa shape index (κ3) is 6.10. The number of aromatic nitrogens is 3. The summed E-state index contributed by atoms with van der Waals surface area (Å²) in [6.45, 7) is -0.715. The third-order valence-electron chi connectivity index (χ3n) is 6.31. The van der Waals surface area contributed by atoms with Gasteiger partial charge in [-0.1, -0.05) is 30.3 Å². The minimum atomic E-state index is -5.74. The van der Waals surface area contributed by atoms with Crippen molar-refractivity contribution >= 4 is 23.3 Å². The number of hydrogen-bond donors (Lipinski definition) is 2. The summed E-state index contributed by atoms with van der Waals surface area (Å²) < 4.78 is 124. The first-order valence-corrected chi connectivity index (χ1v) is 12.0. The molecule has 0 saturated carbocycles. The summed E-state index contributed by atoms with van der Waals surface area (Å²) in [5.74, 6) is -5.34. The zero-order chi connectivity index (χ0) is 32.8. The molecule has 44 heavy (non-hydrogen) atoms. The Balaban J connectivity index is 1.87. The van der Waals surface area contributed by atoms with E-state index in [9.17, 15) is 54.2 Å². The number of imidazole rings is 1. The van der Waals surface area contributed by atoms with Gasteiger partial charge in [0, 0.05) is 17.3 Å². The SMILES string of the molecule is Cc1ccc(C(O)(CN(OC(=O)C(F)(F)F)C(=O)c2ccccc2)C(F)(F)F)cc1-c1cnc2c(N)nc(C(F)(F)F)cn12. The van der Waals surface area contributed by atoms with Gasteiger partial charge in [-0.15, -0.1) is 0 Å². The highest BCUT2D eigenvalue weighted by atomic mass is 19.4. The first kappa shape index (κ1) is 32.1. The van der Waals surface area contributed by atoms with E-state index < -0.39 is 70.3 Å². The van der Waals surface area contributed by atoms with E-state index in [0.717, 1.165) is 34.9 Å². The van der Waals surface area contributed by atoms with Gasteiger partial charge in [0.15, 0.2) is 17.2 Å². The van der Waals surface area contributed by atoms with E-state index in [1.165, 1.54) is 25.1 Å². The topological polar surface area (TPSA) is 123 Å². The van der Waals surface area contributed by atoms with Crippen molar-refractivity contribution in [2.75, 3.05) is 12.3 Å². The number of nitrogen functional groups attached to an aromatic ring is 1. The number of hydrogen-bond acceptors (Lipinski definition) is 7. The number of fused-ring (bicyclic) bond motifs is 1. The number of amides is 1. The molecule has 2 aromatic heterocycles. The number of anilines is 1. The number of halogens is 9. The van der Waals surface area contributed by atoms with Gasteiger partial charge in [0.2, 0.25) is 5.60 Å². The molecule has 0 aliphatic carbocycles. The second-order valence-electron chi connectivity index (χ2n) is 9.32. The third-order valence-corrected chi connectivity index (χ3v) is 6.31. The summed E-state index contributed by atoms with van der Waals surface area (Å²) in [6, 6.07) is 8.28. The van der Waals surface area contributed by atoms with Crippen LogP contribution in [0, 0.1) is 6.92 Å². The summed E-state index contributed by atoms with van der Waals surface area (Å²) in [5.41, 5.74) is -2.20. The maximum Gasteiger partial charge on any atom is 0.493 e. The van der Waals surface area contributed by atoms with Crippen LogP contribution in [0.25, 0.3) is 16.9 Å². The summed E-state index contributed by atoms with van der Waals surface area (Å²) in [7, 11) is 0. The molecule has 234 valence electrons. The first-order valence-electron chi connectivity index (χ1n) is 12.0. The van der Waals surface area contributed by atoms with Crippen molar-refractivity contribution in [3.8, 4) is 11.3 Å². The Bertz CT molecular complexity index is 1720. The number of nitrogens with zero attached hydrogens (tertiary/aromatic N) is 4. The largest absolute Gasteiger partial charge is 0.493 e. The molecule has 0 aliphatic heterocycles. The number of benzene rings is 2. The minimum Gasteiger partial charge on any atom is -0.381 e. The Morgan fingerprint density at radius 1 is 1.00 bits per heavy atom. The average Bonchev–Trinajstić information content (AvgIpc) is 3.36. The number of aryl methyl sites for hydroxylation is 1. The van der Waals surface area contributed by atoms with Gasteiger partial charge in [0.05, 0.1) is 11.9 Å². The molecule has 0 aliphatic rings. The summed E-state index contributed by atoms with van der Waals surface area (Å²) >= 11 is 0. The van der Waals surface area contributed by atoms with Crippen LogP contribution in [0.2, 0.25) is 0 Å². The molecule has 1 unspecified atom stereocenters. The highest BCUT2D eigenvalue weighted by Gasteiger charge is 2.58. The second kappa shape index (κ2) is 11.0. The number of rotatable bonds is 5. The average molecular weight is 635 g/mol. The predicted octanol–water partition coefficient (Wildman–Crippen LogP) is 5.22. The van der Waals surface area contributed by atoms with Crippen LogP contribution < -0.4 is 5.73 Å². The van der Waals surface area contributed by atoms with Crippen molar-refractivity contribution in [2.45, 2.75) is 31.1 Å². The quantitative estimate of drug-likeness (QED) is 0.228. The molecule has 1 atom stereocenters. The van der Waals surface area contributed by atoms with Crippen molar-refractivity contribution in [1.29, 1.82) is 0 Å². The molecule has 4 rings (SSSR count). The van der Waals surface area contributed by atoms with Gasteiger partial charge in [0.1, 0.15) is 6.54 Å². The van der Waals surface area contributed by atoms with E-state index in [0.29, 0.717) is 12.3 Å². The lowest BCUT2D eigenvalue weighted by Crippen LogP contribution is -2.53. The van der Waals surface area contributed by atoms with E-state index in [-0.39, 0.29) is 22.5 Å². The van der Waals surface area contributed by atoms with Crippen molar-refractivity contribution in [1.82, 2.24) is 19.4 Å². The van der Waals surface area contributed by atoms with E-state index in [1.54, 1.807) is 0 Å². The van der Waals surface area contributed by atoms with Gasteiger partial charge in [-0.2, -0.15) is 44.6 Å². The number of hydroxylamine groups is 2. The van der Waals surface area contributed by atoms with Gasteiger partial charge < -0.3 is 15.7 Å². The molecule has 2 aromatic carbocycles. The molecule has 9 nitrogen and oxygen atoms in total. The van der Waals surface area contributed by atoms with E-state index in [4.69, 9.17) is 5.73 Å². The highest BCUT2D eigenvalue weighted by Crippen LogP contribution is 2.42. The highest BCUT2D eigenvalue weighted by molar-refractivity contribution is 5.94. The van der Waals surface area contributed by atoms with Crippen molar-refractivity contribution in [3.63, 3.8) is 0 Å². The fourth-order valence-corrected chi connectivity index (χ4v) is 4.08. The van der Waals surface area contributed by atoms with E-state index in [1.807, 2.05) is 0 Å². The molecule has 18 heteroatoms. The molecule has 0 fully saturated rings. The summed E-state index contributed by atoms with van der Waals surface area (Å²) in [6.07, 6.45) is -15.0. The fraction of sp³-hybridized carbons (Fsp3) is 0.231. The predicted molar refractivity (Wildman–Crippen MR) is 132 cm³/mol. The summed E-state index contributed by atoms with van der Waals surface area (Å²) in [5, 5.41) is 10.5. The van der Waals surface area contributed by atoms with Crippen LogP contribution in [-0.2, 0) is 21.4 Å². The number of alkyl halides is 9. The molecule has 1 amide bonds. The lowest BCUT2D eigenvalue weighted by molar-refractivity contribution is -0.290. The van der Waals surface area contributed by atoms with E-state index >= 15 is 0 Å². The Kier molecular flexibility index (Phi) is 8.01. The zero-order valence-electron chi connectivity index (χ0n) is 21.9. The van der Waals surface area contributed by atoms with Crippen LogP contribution >= 0.6 is 0 Å². The van der Waals surface area contributed by atoms with Crippen LogP contribution in [0.5, 0.6) is 0 Å². The maximum absolute atomic E-state index is 14.5. The number of carbonyl (C=O) groups is 2. The lowest BCUT2D eigenvalue weighted by Gasteiger charge is -2.35. The zero-order valence-corrected chi connectivity index (χ0v) is 21.9. The molecule has 4 aromatic rings. The van der Waals surface area contributed by atoms with Crippen LogP contribution in [0.15, 0.2) is 60.9 Å². The Morgan fingerprint density at radius 3 is 2.20 bits per heavy atom. The molecule has 0 spiro atoms. The van der Waals surface area contributed by atoms with Crippen molar-refractivity contribution < 1.29 is 59.0 Å². The molecule has 2 heterocycles. The maximum atomic E-state index is 14.5. The van der Waals surface area contributed by atoms with Gasteiger partial charge in [-0.3, -0.25) is 9.20 Å². The lowest BCUT2D eigenvalue weighted by atomic mass is 9.89. The van der Waals surface area contributed by atoms with Gasteiger partial charge >= 0.3 is 24.5 Å². The monoisotopic (exact) mass is 635 g/mol. The smallest absolute Gasteiger partial charge is 0.381 e. The molecule has 0 bridgehead atoms. The van der Waals surface area contributed by atoms with Crippen LogP contribution in [0.3, 0.4) is 0 Å². The Labute approximate surface area is 240 Å². The van der Waals surface area contributed by atoms with Crippen molar-refractivity contribution in [3.05, 3.63) is 83.3 Å². The number of aliphatic hydroxyl groups is 1. The Hall–Kier alpha value is -4.87. The number of nitrogens with two attached hydrogens (primary N) is 1. The molecule has 0 saturated heterocycles. The first-order chi connectivity index (χ1) is 20.2. The molecular weight excluding hydrogens is 617 g/mol. The van der Waals surface area contributed by atoms with Gasteiger partial charge in [0.25, 0.3) is 5.91 Å². The molecular formula is C26H18F9N5O4. The fourth-order valence-electron chi connectivity index (χ4n) is 4.08. The molecule has 0 radical (unpaired) electrons.